The summed E-state index contributed by atoms with van der Waals surface area (Å²) in [6, 6.07) is 0. The highest BCUT2D eigenvalue weighted by molar-refractivity contribution is 7.88. The number of hydrogen-bond acceptors (Lipinski definition) is 4. The number of methoxy groups -OCH3 is 1. The van der Waals surface area contributed by atoms with Gasteiger partial charge in [0.2, 0.25) is 15.9 Å². The standard InChI is InChI=1S/C22H36N2O4S/c1-28-14-19-13-24(29(2,26)27)15-21(19)3-5-23(6-4-21)20(25)22-10-16-7-17(11-22)9-18(8-16)12-22/h16-19H,3-15H2,1-2H3/t16?,17?,18?,19-,22?/m1/s1. The van der Waals surface area contributed by atoms with Gasteiger partial charge in [0.1, 0.15) is 0 Å². The van der Waals surface area contributed by atoms with E-state index in [0.29, 0.717) is 25.6 Å². The highest BCUT2D eigenvalue weighted by Crippen LogP contribution is 2.61. The molecule has 0 aromatic heterocycles. The number of amides is 1. The zero-order chi connectivity index (χ0) is 20.4. The third-order valence-electron chi connectivity index (χ3n) is 9.16. The summed E-state index contributed by atoms with van der Waals surface area (Å²) in [5.74, 6) is 2.99. The number of rotatable bonds is 4. The van der Waals surface area contributed by atoms with Gasteiger partial charge in [0.25, 0.3) is 0 Å². The molecule has 0 unspecified atom stereocenters. The topological polar surface area (TPSA) is 66.9 Å². The van der Waals surface area contributed by atoms with E-state index in [1.54, 1.807) is 11.4 Å². The lowest BCUT2D eigenvalue weighted by atomic mass is 9.49. The number of sulfonamides is 1. The van der Waals surface area contributed by atoms with Crippen molar-refractivity contribution in [3.63, 3.8) is 0 Å². The van der Waals surface area contributed by atoms with Crippen LogP contribution in [0.25, 0.3) is 0 Å². The molecule has 7 heteroatoms. The van der Waals surface area contributed by atoms with Gasteiger partial charge in [-0.3, -0.25) is 4.79 Å². The van der Waals surface area contributed by atoms with Crippen LogP contribution >= 0.6 is 0 Å². The van der Waals surface area contributed by atoms with Crippen LogP contribution in [0.5, 0.6) is 0 Å². The van der Waals surface area contributed by atoms with Crippen LogP contribution in [-0.2, 0) is 19.6 Å². The van der Waals surface area contributed by atoms with E-state index >= 15 is 0 Å². The van der Waals surface area contributed by atoms with E-state index in [9.17, 15) is 13.2 Å². The summed E-state index contributed by atoms with van der Waals surface area (Å²) < 4.78 is 31.4. The second-order valence-corrected chi connectivity index (χ2v) is 13.0. The van der Waals surface area contributed by atoms with E-state index < -0.39 is 10.0 Å². The fraction of sp³-hybridized carbons (Fsp3) is 0.955. The summed E-state index contributed by atoms with van der Waals surface area (Å²) in [5, 5.41) is 0. The SMILES string of the molecule is COC[C@H]1CN(S(C)(=O)=O)CC12CCN(C(=O)C13CC4CC(CC(C4)C1)C3)CC2. The number of carbonyl (C=O) groups excluding carboxylic acids is 1. The predicted octanol–water partition coefficient (Wildman–Crippen LogP) is 2.35. The first-order valence-electron chi connectivity index (χ1n) is 11.5. The summed E-state index contributed by atoms with van der Waals surface area (Å²) in [6.07, 6.45) is 10.5. The molecule has 0 aromatic rings. The van der Waals surface area contributed by atoms with E-state index in [2.05, 4.69) is 4.90 Å². The molecule has 2 heterocycles. The summed E-state index contributed by atoms with van der Waals surface area (Å²) >= 11 is 0. The summed E-state index contributed by atoms with van der Waals surface area (Å²) in [7, 11) is -1.50. The molecule has 6 rings (SSSR count). The summed E-state index contributed by atoms with van der Waals surface area (Å²) in [6.45, 7) is 3.28. The monoisotopic (exact) mass is 424 g/mol. The number of ether oxygens (including phenoxy) is 1. The van der Waals surface area contributed by atoms with Gasteiger partial charge in [-0.1, -0.05) is 0 Å². The number of likely N-dealkylation sites (tertiary alicyclic amines) is 1. The first-order chi connectivity index (χ1) is 13.7. The minimum Gasteiger partial charge on any atom is -0.384 e. The Labute approximate surface area is 175 Å². The van der Waals surface area contributed by atoms with Crippen molar-refractivity contribution in [1.29, 1.82) is 0 Å². The second kappa shape index (κ2) is 6.92. The number of nitrogens with zero attached hydrogens (tertiary/aromatic N) is 2. The maximum Gasteiger partial charge on any atom is 0.228 e. The second-order valence-electron chi connectivity index (χ2n) is 11.1. The average molecular weight is 425 g/mol. The van der Waals surface area contributed by atoms with Gasteiger partial charge in [0, 0.05) is 39.2 Å². The van der Waals surface area contributed by atoms with Crippen LogP contribution in [0.15, 0.2) is 0 Å². The van der Waals surface area contributed by atoms with Crippen LogP contribution in [0, 0.1) is 34.5 Å². The van der Waals surface area contributed by atoms with E-state index in [1.807, 2.05) is 0 Å². The Hall–Kier alpha value is -0.660. The van der Waals surface area contributed by atoms with Crippen LogP contribution in [0.2, 0.25) is 0 Å². The Bertz CT molecular complexity index is 736. The normalized spacial score (nSPS) is 41.4. The lowest BCUT2D eigenvalue weighted by Crippen LogP contribution is -2.57. The van der Waals surface area contributed by atoms with Crippen LogP contribution in [0.3, 0.4) is 0 Å². The molecule has 1 spiro atoms. The molecular weight excluding hydrogens is 388 g/mol. The van der Waals surface area contributed by atoms with Gasteiger partial charge in [-0.05, 0) is 74.5 Å². The molecule has 0 N–H and O–H groups in total. The van der Waals surface area contributed by atoms with Crippen molar-refractivity contribution in [3.8, 4) is 0 Å². The van der Waals surface area contributed by atoms with Gasteiger partial charge in [-0.2, -0.15) is 0 Å². The van der Waals surface area contributed by atoms with Crippen molar-refractivity contribution in [2.45, 2.75) is 51.4 Å². The Balaban J connectivity index is 1.29. The third-order valence-corrected chi connectivity index (χ3v) is 10.4. The van der Waals surface area contributed by atoms with Crippen molar-refractivity contribution in [3.05, 3.63) is 0 Å². The Morgan fingerprint density at radius 1 is 1.03 bits per heavy atom. The minimum atomic E-state index is -3.19. The fourth-order valence-corrected chi connectivity index (χ4v) is 9.04. The number of piperidine rings is 1. The van der Waals surface area contributed by atoms with Gasteiger partial charge >= 0.3 is 0 Å². The molecule has 6 aliphatic rings. The minimum absolute atomic E-state index is 0.0443. The Kier molecular flexibility index (Phi) is 4.84. The Morgan fingerprint density at radius 2 is 1.59 bits per heavy atom. The molecule has 2 saturated heterocycles. The van der Waals surface area contributed by atoms with E-state index in [-0.39, 0.29) is 16.7 Å². The summed E-state index contributed by atoms with van der Waals surface area (Å²) in [5.41, 5.74) is -0.114. The zero-order valence-corrected chi connectivity index (χ0v) is 18.8. The van der Waals surface area contributed by atoms with Gasteiger partial charge < -0.3 is 9.64 Å². The molecular formula is C22H36N2O4S. The van der Waals surface area contributed by atoms with Crippen LogP contribution < -0.4 is 0 Å². The fourth-order valence-electron chi connectivity index (χ4n) is 8.10. The molecule has 6 nitrogen and oxygen atoms in total. The van der Waals surface area contributed by atoms with Crippen LogP contribution in [0.4, 0.5) is 0 Å². The maximum absolute atomic E-state index is 13.7. The van der Waals surface area contributed by atoms with Crippen molar-refractivity contribution >= 4 is 15.9 Å². The quantitative estimate of drug-likeness (QED) is 0.695. The number of hydrogen-bond donors (Lipinski definition) is 0. The van der Waals surface area contributed by atoms with Gasteiger partial charge in [0.05, 0.1) is 18.3 Å². The highest BCUT2D eigenvalue weighted by atomic mass is 32.2. The van der Waals surface area contributed by atoms with E-state index in [1.165, 1.54) is 25.5 Å². The molecule has 0 radical (unpaired) electrons. The van der Waals surface area contributed by atoms with Crippen LogP contribution in [-0.4, -0.2) is 69.7 Å². The molecule has 164 valence electrons. The van der Waals surface area contributed by atoms with Crippen LogP contribution in [0.1, 0.15) is 51.4 Å². The Morgan fingerprint density at radius 3 is 2.07 bits per heavy atom. The molecule has 4 saturated carbocycles. The van der Waals surface area contributed by atoms with Crippen molar-refractivity contribution in [1.82, 2.24) is 9.21 Å². The maximum atomic E-state index is 13.7. The van der Waals surface area contributed by atoms with Gasteiger partial charge in [-0.15, -0.1) is 0 Å². The first kappa shape index (κ1) is 20.3. The third kappa shape index (κ3) is 3.35. The van der Waals surface area contributed by atoms with Crippen molar-refractivity contribution in [2.75, 3.05) is 46.2 Å². The first-order valence-corrected chi connectivity index (χ1v) is 13.3. The average Bonchev–Trinajstić information content (AvgIpc) is 2.99. The molecule has 4 bridgehead atoms. The lowest BCUT2D eigenvalue weighted by molar-refractivity contribution is -0.160. The summed E-state index contributed by atoms with van der Waals surface area (Å²) in [4.78, 5) is 15.8. The number of carbonyl (C=O) groups is 1. The molecule has 4 aliphatic carbocycles. The lowest BCUT2D eigenvalue weighted by Gasteiger charge is -2.57. The van der Waals surface area contributed by atoms with E-state index in [4.69, 9.17) is 4.74 Å². The zero-order valence-electron chi connectivity index (χ0n) is 17.9. The molecule has 29 heavy (non-hydrogen) atoms. The molecule has 1 amide bonds. The van der Waals surface area contributed by atoms with Crippen molar-refractivity contribution in [2.24, 2.45) is 34.5 Å². The van der Waals surface area contributed by atoms with Gasteiger partial charge in [0.15, 0.2) is 0 Å². The predicted molar refractivity (Wildman–Crippen MR) is 111 cm³/mol. The van der Waals surface area contributed by atoms with E-state index in [0.717, 1.165) is 62.9 Å². The largest absolute Gasteiger partial charge is 0.384 e. The highest BCUT2D eigenvalue weighted by Gasteiger charge is 2.57. The molecule has 0 aromatic carbocycles. The molecule has 1 atom stereocenters. The van der Waals surface area contributed by atoms with Gasteiger partial charge in [-0.25, -0.2) is 12.7 Å². The molecule has 2 aliphatic heterocycles. The smallest absolute Gasteiger partial charge is 0.228 e. The molecule has 6 fully saturated rings. The van der Waals surface area contributed by atoms with Crippen molar-refractivity contribution < 1.29 is 17.9 Å².